The van der Waals surface area contributed by atoms with Gasteiger partial charge in [-0.1, -0.05) is 6.92 Å². The van der Waals surface area contributed by atoms with Crippen molar-refractivity contribution in [2.24, 2.45) is 0 Å². The van der Waals surface area contributed by atoms with Gasteiger partial charge in [0, 0.05) is 30.7 Å². The molecule has 0 spiro atoms. The van der Waals surface area contributed by atoms with Crippen molar-refractivity contribution in [3.05, 3.63) is 11.9 Å². The van der Waals surface area contributed by atoms with Crippen molar-refractivity contribution >= 4 is 11.6 Å². The Kier molecular flexibility index (Phi) is 4.81. The molecule has 1 aromatic rings. The Morgan fingerprint density at radius 1 is 1.30 bits per heavy atom. The van der Waals surface area contributed by atoms with Crippen LogP contribution in [0, 0.1) is 0 Å². The second-order valence-electron chi connectivity index (χ2n) is 5.81. The Bertz CT molecular complexity index is 447. The van der Waals surface area contributed by atoms with Gasteiger partial charge in [-0.2, -0.15) is 0 Å². The minimum absolute atomic E-state index is 0.132. The Labute approximate surface area is 121 Å². The van der Waals surface area contributed by atoms with Gasteiger partial charge in [-0.25, -0.2) is 9.97 Å². The fourth-order valence-corrected chi connectivity index (χ4v) is 2.21. The van der Waals surface area contributed by atoms with Crippen molar-refractivity contribution < 1.29 is 5.11 Å². The van der Waals surface area contributed by atoms with Gasteiger partial charge in [0.15, 0.2) is 0 Å². The van der Waals surface area contributed by atoms with Crippen LogP contribution in [0.1, 0.15) is 58.2 Å². The van der Waals surface area contributed by atoms with Crippen LogP contribution in [-0.4, -0.2) is 33.8 Å². The molecule has 0 bridgehead atoms. The number of aliphatic hydroxyl groups excluding tert-OH is 1. The van der Waals surface area contributed by atoms with E-state index < -0.39 is 0 Å². The third-order valence-electron chi connectivity index (χ3n) is 3.92. The summed E-state index contributed by atoms with van der Waals surface area (Å²) in [4.78, 5) is 9.22. The zero-order chi connectivity index (χ0) is 14.6. The summed E-state index contributed by atoms with van der Waals surface area (Å²) in [6.45, 7) is 7.33. The number of nitrogens with zero attached hydrogens (tertiary/aromatic N) is 2. The summed E-state index contributed by atoms with van der Waals surface area (Å²) in [6, 6.07) is 1.96. The Balaban J connectivity index is 2.20. The van der Waals surface area contributed by atoms with E-state index >= 15 is 0 Å². The van der Waals surface area contributed by atoms with E-state index in [4.69, 9.17) is 0 Å². The smallest absolute Gasteiger partial charge is 0.136 e. The molecule has 5 heteroatoms. The minimum atomic E-state index is -0.132. The van der Waals surface area contributed by atoms with E-state index in [1.54, 1.807) is 0 Å². The molecule has 1 heterocycles. The molecule has 20 heavy (non-hydrogen) atoms. The highest BCUT2D eigenvalue weighted by Crippen LogP contribution is 2.39. The second kappa shape index (κ2) is 6.39. The van der Waals surface area contributed by atoms with E-state index in [1.165, 1.54) is 12.8 Å². The fraction of sp³-hybridized carbons (Fsp3) is 0.733. The van der Waals surface area contributed by atoms with Crippen molar-refractivity contribution in [1.82, 2.24) is 9.97 Å². The third kappa shape index (κ3) is 3.82. The molecule has 2 rings (SSSR count). The molecule has 3 N–H and O–H groups in total. The van der Waals surface area contributed by atoms with E-state index in [1.807, 2.05) is 6.07 Å². The van der Waals surface area contributed by atoms with E-state index in [0.717, 1.165) is 30.4 Å². The molecule has 0 saturated heterocycles. The van der Waals surface area contributed by atoms with Gasteiger partial charge in [-0.15, -0.1) is 0 Å². The van der Waals surface area contributed by atoms with Gasteiger partial charge < -0.3 is 15.7 Å². The van der Waals surface area contributed by atoms with E-state index in [9.17, 15) is 5.11 Å². The first-order valence-electron chi connectivity index (χ1n) is 7.62. The summed E-state index contributed by atoms with van der Waals surface area (Å²) in [5.41, 5.74) is -0.132. The molecule has 0 radical (unpaired) electrons. The Morgan fingerprint density at radius 2 is 2.00 bits per heavy atom. The van der Waals surface area contributed by atoms with Crippen LogP contribution in [0.2, 0.25) is 0 Å². The van der Waals surface area contributed by atoms with Crippen LogP contribution in [-0.2, 0) is 0 Å². The highest BCUT2D eigenvalue weighted by molar-refractivity contribution is 5.49. The van der Waals surface area contributed by atoms with Crippen LogP contribution in [0.15, 0.2) is 6.07 Å². The van der Waals surface area contributed by atoms with E-state index in [2.05, 4.69) is 41.4 Å². The maximum Gasteiger partial charge on any atom is 0.136 e. The van der Waals surface area contributed by atoms with Gasteiger partial charge in [0.05, 0.1) is 0 Å². The van der Waals surface area contributed by atoms with Crippen LogP contribution in [0.3, 0.4) is 0 Å². The lowest BCUT2D eigenvalue weighted by Crippen LogP contribution is -2.35. The summed E-state index contributed by atoms with van der Waals surface area (Å²) >= 11 is 0. The van der Waals surface area contributed by atoms with Gasteiger partial charge in [0.2, 0.25) is 0 Å². The fourth-order valence-electron chi connectivity index (χ4n) is 2.21. The normalized spacial score (nSPS) is 17.6. The third-order valence-corrected chi connectivity index (χ3v) is 3.92. The first-order valence-corrected chi connectivity index (χ1v) is 7.62. The molecule has 1 atom stereocenters. The van der Waals surface area contributed by atoms with Crippen molar-refractivity contribution in [3.63, 3.8) is 0 Å². The molecule has 1 saturated carbocycles. The average molecular weight is 278 g/mol. The average Bonchev–Trinajstić information content (AvgIpc) is 3.23. The molecule has 5 nitrogen and oxygen atoms in total. The lowest BCUT2D eigenvalue weighted by Gasteiger charge is -2.30. The van der Waals surface area contributed by atoms with Crippen LogP contribution in [0.25, 0.3) is 0 Å². The van der Waals surface area contributed by atoms with Crippen molar-refractivity contribution in [1.29, 1.82) is 0 Å². The van der Waals surface area contributed by atoms with Crippen LogP contribution in [0.5, 0.6) is 0 Å². The predicted molar refractivity (Wildman–Crippen MR) is 82.2 cm³/mol. The monoisotopic (exact) mass is 278 g/mol. The summed E-state index contributed by atoms with van der Waals surface area (Å²) in [6.07, 6.45) is 4.03. The first kappa shape index (κ1) is 15.0. The van der Waals surface area contributed by atoms with Crippen molar-refractivity contribution in [2.75, 3.05) is 23.8 Å². The number of hydrogen-bond donors (Lipinski definition) is 3. The lowest BCUT2D eigenvalue weighted by atomic mass is 9.95. The summed E-state index contributed by atoms with van der Waals surface area (Å²) in [5.74, 6) is 3.21. The van der Waals surface area contributed by atoms with Gasteiger partial charge in [-0.05, 0) is 39.5 Å². The van der Waals surface area contributed by atoms with Gasteiger partial charge in [-0.3, -0.25) is 0 Å². The highest BCUT2D eigenvalue weighted by Gasteiger charge is 2.28. The maximum absolute atomic E-state index is 9.22. The molecular weight excluding hydrogens is 252 g/mol. The minimum Gasteiger partial charge on any atom is -0.396 e. The zero-order valence-corrected chi connectivity index (χ0v) is 12.7. The topological polar surface area (TPSA) is 70.1 Å². The van der Waals surface area contributed by atoms with Gasteiger partial charge in [0.1, 0.15) is 17.5 Å². The number of aromatic nitrogens is 2. The number of anilines is 2. The molecule has 1 aliphatic rings. The quantitative estimate of drug-likeness (QED) is 0.682. The van der Waals surface area contributed by atoms with Crippen molar-refractivity contribution in [3.8, 4) is 0 Å². The van der Waals surface area contributed by atoms with Crippen LogP contribution in [0.4, 0.5) is 11.6 Å². The molecular formula is C15H26N4O. The highest BCUT2D eigenvalue weighted by atomic mass is 16.3. The molecule has 1 fully saturated rings. The van der Waals surface area contributed by atoms with Gasteiger partial charge in [0.25, 0.3) is 0 Å². The molecule has 0 aliphatic heterocycles. The first-order chi connectivity index (χ1) is 9.60. The maximum atomic E-state index is 9.22. The molecule has 0 amide bonds. The van der Waals surface area contributed by atoms with E-state index in [-0.39, 0.29) is 12.1 Å². The molecule has 1 aliphatic carbocycles. The van der Waals surface area contributed by atoms with Crippen LogP contribution < -0.4 is 10.6 Å². The number of rotatable bonds is 8. The lowest BCUT2D eigenvalue weighted by molar-refractivity contribution is 0.252. The van der Waals surface area contributed by atoms with Crippen molar-refractivity contribution in [2.45, 2.75) is 57.9 Å². The zero-order valence-electron chi connectivity index (χ0n) is 12.7. The molecule has 1 aromatic heterocycles. The number of hydrogen-bond acceptors (Lipinski definition) is 5. The van der Waals surface area contributed by atoms with E-state index in [0.29, 0.717) is 12.3 Å². The summed E-state index contributed by atoms with van der Waals surface area (Å²) in [7, 11) is 0. The van der Waals surface area contributed by atoms with Crippen LogP contribution >= 0.6 is 0 Å². The second-order valence-corrected chi connectivity index (χ2v) is 5.81. The number of nitrogens with one attached hydrogen (secondary N) is 2. The molecule has 112 valence electrons. The van der Waals surface area contributed by atoms with Gasteiger partial charge >= 0.3 is 0 Å². The Morgan fingerprint density at radius 3 is 2.55 bits per heavy atom. The number of aliphatic hydroxyl groups is 1. The Hall–Kier alpha value is -1.36. The SMILES string of the molecule is CCNc1cc(NC(C)(CC)CCO)nc(C2CC2)n1. The largest absolute Gasteiger partial charge is 0.396 e. The molecule has 1 unspecified atom stereocenters. The predicted octanol–water partition coefficient (Wildman–Crippen LogP) is 2.75. The summed E-state index contributed by atoms with van der Waals surface area (Å²) < 4.78 is 0. The standard InChI is InChI=1S/C15H26N4O/c1-4-15(3,8-9-20)19-13-10-12(16-5-2)17-14(18-13)11-6-7-11/h10-11,20H,4-9H2,1-3H3,(H2,16,17,18,19). The molecule has 0 aromatic carbocycles. The summed E-state index contributed by atoms with van der Waals surface area (Å²) in [5, 5.41) is 16.0.